The van der Waals surface area contributed by atoms with Gasteiger partial charge in [-0.15, -0.1) is 23.5 Å². The van der Waals surface area contributed by atoms with Crippen molar-refractivity contribution in [3.8, 4) is 0 Å². The smallest absolute Gasteiger partial charge is 0.251 e. The molecule has 0 aromatic heterocycles. The molecule has 1 N–H and O–H groups in total. The monoisotopic (exact) mass is 343 g/mol. The van der Waals surface area contributed by atoms with Gasteiger partial charge in [0.2, 0.25) is 0 Å². The molecule has 0 bridgehead atoms. The lowest BCUT2D eigenvalue weighted by Crippen LogP contribution is -2.35. The van der Waals surface area contributed by atoms with Crippen molar-refractivity contribution in [3.63, 3.8) is 0 Å². The lowest BCUT2D eigenvalue weighted by atomic mass is 10.1. The molecule has 1 amide bonds. The molecule has 1 aromatic rings. The van der Waals surface area contributed by atoms with Crippen LogP contribution in [0.4, 0.5) is 0 Å². The van der Waals surface area contributed by atoms with Gasteiger partial charge in [-0.05, 0) is 24.1 Å². The molecule has 2 aliphatic rings. The summed E-state index contributed by atoms with van der Waals surface area (Å²) in [4.78, 5) is 12.1. The first-order valence-corrected chi connectivity index (χ1v) is 10.8. The Morgan fingerprint density at radius 1 is 1.14 bits per heavy atom. The van der Waals surface area contributed by atoms with Crippen molar-refractivity contribution in [1.82, 2.24) is 5.32 Å². The maximum absolute atomic E-state index is 12.1. The number of hydrogen-bond acceptors (Lipinski definition) is 5. The quantitative estimate of drug-likeness (QED) is 0.910. The highest BCUT2D eigenvalue weighted by Crippen LogP contribution is 2.45. The van der Waals surface area contributed by atoms with E-state index in [-0.39, 0.29) is 23.5 Å². The Balaban J connectivity index is 1.62. The van der Waals surface area contributed by atoms with E-state index in [1.54, 1.807) is 0 Å². The van der Waals surface area contributed by atoms with Crippen molar-refractivity contribution < 1.29 is 13.2 Å². The second kappa shape index (κ2) is 6.22. The molecule has 2 saturated heterocycles. The zero-order valence-electron chi connectivity index (χ0n) is 11.4. The van der Waals surface area contributed by atoms with Crippen LogP contribution in [0.15, 0.2) is 24.3 Å². The zero-order chi connectivity index (χ0) is 14.9. The lowest BCUT2D eigenvalue weighted by Gasteiger charge is -2.12. The number of rotatable bonds is 3. The fourth-order valence-corrected chi connectivity index (χ4v) is 7.05. The van der Waals surface area contributed by atoms with Gasteiger partial charge in [0.1, 0.15) is 0 Å². The predicted octanol–water partition coefficient (Wildman–Crippen LogP) is 2.08. The summed E-state index contributed by atoms with van der Waals surface area (Å²) in [6, 6.07) is 7.40. The summed E-state index contributed by atoms with van der Waals surface area (Å²) < 4.78 is 23.3. The van der Waals surface area contributed by atoms with Gasteiger partial charge in [0.15, 0.2) is 9.84 Å². The summed E-state index contributed by atoms with van der Waals surface area (Å²) >= 11 is 3.86. The number of carbonyl (C=O) groups is 1. The van der Waals surface area contributed by atoms with E-state index in [1.165, 1.54) is 17.1 Å². The van der Waals surface area contributed by atoms with Gasteiger partial charge >= 0.3 is 0 Å². The fourth-order valence-electron chi connectivity index (χ4n) is 2.52. The number of sulfone groups is 1. The Kier molecular flexibility index (Phi) is 4.51. The van der Waals surface area contributed by atoms with Crippen molar-refractivity contribution in [3.05, 3.63) is 35.4 Å². The predicted molar refractivity (Wildman–Crippen MR) is 88.6 cm³/mol. The Labute approximate surface area is 133 Å². The number of amides is 1. The highest BCUT2D eigenvalue weighted by atomic mass is 32.2. The Morgan fingerprint density at radius 3 is 2.38 bits per heavy atom. The molecule has 1 aromatic carbocycles. The van der Waals surface area contributed by atoms with Crippen LogP contribution in [0.2, 0.25) is 0 Å². The van der Waals surface area contributed by atoms with Crippen LogP contribution >= 0.6 is 23.5 Å². The second-order valence-electron chi connectivity index (χ2n) is 5.27. The van der Waals surface area contributed by atoms with Crippen LogP contribution in [0.1, 0.15) is 26.9 Å². The van der Waals surface area contributed by atoms with Gasteiger partial charge in [-0.3, -0.25) is 4.79 Å². The van der Waals surface area contributed by atoms with E-state index in [4.69, 9.17) is 0 Å². The van der Waals surface area contributed by atoms with E-state index in [0.29, 0.717) is 16.6 Å². The number of thioether (sulfide) groups is 2. The molecule has 0 radical (unpaired) electrons. The van der Waals surface area contributed by atoms with Gasteiger partial charge < -0.3 is 5.32 Å². The van der Waals surface area contributed by atoms with Gasteiger partial charge in [-0.2, -0.15) is 0 Å². The van der Waals surface area contributed by atoms with Crippen LogP contribution in [0, 0.1) is 0 Å². The molecule has 1 unspecified atom stereocenters. The summed E-state index contributed by atoms with van der Waals surface area (Å²) in [5.41, 5.74) is 1.83. The molecule has 21 heavy (non-hydrogen) atoms. The first kappa shape index (κ1) is 15.2. The Bertz CT molecular complexity index is 621. The maximum atomic E-state index is 12.1. The van der Waals surface area contributed by atoms with Crippen molar-refractivity contribution in [1.29, 1.82) is 0 Å². The molecule has 4 nitrogen and oxygen atoms in total. The van der Waals surface area contributed by atoms with E-state index in [0.717, 1.165) is 0 Å². The van der Waals surface area contributed by atoms with Crippen LogP contribution in [0.5, 0.6) is 0 Å². The number of nitrogens with one attached hydrogen (secondary N) is 1. The number of hydrogen-bond donors (Lipinski definition) is 1. The van der Waals surface area contributed by atoms with Crippen LogP contribution in [0.3, 0.4) is 0 Å². The zero-order valence-corrected chi connectivity index (χ0v) is 13.9. The lowest BCUT2D eigenvalue weighted by molar-refractivity contribution is 0.0941. The van der Waals surface area contributed by atoms with E-state index in [2.05, 4.69) is 5.32 Å². The summed E-state index contributed by atoms with van der Waals surface area (Å²) in [6.07, 6.45) is 0.515. The third-order valence-electron chi connectivity index (χ3n) is 3.63. The number of benzene rings is 1. The van der Waals surface area contributed by atoms with Gasteiger partial charge in [0, 0.05) is 23.1 Å². The third-order valence-corrected chi connectivity index (χ3v) is 8.51. The third kappa shape index (κ3) is 3.76. The first-order chi connectivity index (χ1) is 10.0. The Hall–Kier alpha value is -0.660. The molecule has 7 heteroatoms. The minimum atomic E-state index is -2.96. The molecule has 0 saturated carbocycles. The molecule has 2 heterocycles. The first-order valence-electron chi connectivity index (χ1n) is 6.88. The van der Waals surface area contributed by atoms with Gasteiger partial charge in [-0.1, -0.05) is 12.1 Å². The second-order valence-corrected chi connectivity index (χ2v) is 10.2. The largest absolute Gasteiger partial charge is 0.348 e. The molecule has 0 aliphatic carbocycles. The topological polar surface area (TPSA) is 63.2 Å². The standard InChI is InChI=1S/C14H17NO3S3/c16-13(15-12-5-8-21(17,18)9-12)10-1-3-11(4-2-10)14-19-6-7-20-14/h1-4,12,14H,5-9H2,(H,15,16). The van der Waals surface area contributed by atoms with Gasteiger partial charge in [0.25, 0.3) is 5.91 Å². The van der Waals surface area contributed by atoms with Crippen LogP contribution < -0.4 is 5.32 Å². The fraction of sp³-hybridized carbons (Fsp3) is 0.500. The van der Waals surface area contributed by atoms with Crippen molar-refractivity contribution in [2.45, 2.75) is 17.0 Å². The maximum Gasteiger partial charge on any atom is 0.251 e. The minimum absolute atomic E-state index is 0.0617. The highest BCUT2D eigenvalue weighted by Gasteiger charge is 2.29. The Morgan fingerprint density at radius 2 is 1.81 bits per heavy atom. The average molecular weight is 343 g/mol. The van der Waals surface area contributed by atoms with E-state index >= 15 is 0 Å². The highest BCUT2D eigenvalue weighted by molar-refractivity contribution is 8.19. The molecule has 114 valence electrons. The van der Waals surface area contributed by atoms with E-state index in [9.17, 15) is 13.2 Å². The molecule has 2 fully saturated rings. The van der Waals surface area contributed by atoms with E-state index < -0.39 is 9.84 Å². The molecular formula is C14H17NO3S3. The van der Waals surface area contributed by atoms with Crippen molar-refractivity contribution in [2.24, 2.45) is 0 Å². The normalized spacial score (nSPS) is 25.0. The van der Waals surface area contributed by atoms with Crippen molar-refractivity contribution in [2.75, 3.05) is 23.0 Å². The molecule has 3 rings (SSSR count). The van der Waals surface area contributed by atoms with Crippen LogP contribution in [-0.4, -0.2) is 43.4 Å². The molecule has 2 aliphatic heterocycles. The van der Waals surface area contributed by atoms with Gasteiger partial charge in [-0.25, -0.2) is 8.42 Å². The number of carbonyl (C=O) groups excluding carboxylic acids is 1. The molecular weight excluding hydrogens is 326 g/mol. The summed E-state index contributed by atoms with van der Waals surface area (Å²) in [5, 5.41) is 2.81. The van der Waals surface area contributed by atoms with Gasteiger partial charge in [0.05, 0.1) is 16.1 Å². The SMILES string of the molecule is O=C(NC1CCS(=O)(=O)C1)c1ccc(C2SCCS2)cc1. The summed E-state index contributed by atoms with van der Waals surface area (Å²) in [5.74, 6) is 2.40. The molecule has 0 spiro atoms. The van der Waals surface area contributed by atoms with E-state index in [1.807, 2.05) is 47.8 Å². The summed E-state index contributed by atoms with van der Waals surface area (Å²) in [6.45, 7) is 0. The van der Waals surface area contributed by atoms with Crippen LogP contribution in [-0.2, 0) is 9.84 Å². The average Bonchev–Trinajstić information content (AvgIpc) is 3.09. The van der Waals surface area contributed by atoms with Crippen LogP contribution in [0.25, 0.3) is 0 Å². The molecule has 1 atom stereocenters. The minimum Gasteiger partial charge on any atom is -0.348 e. The summed E-state index contributed by atoms with van der Waals surface area (Å²) in [7, 11) is -2.96. The van der Waals surface area contributed by atoms with Crippen molar-refractivity contribution >= 4 is 39.3 Å².